The molecule has 0 heterocycles. The molecule has 0 amide bonds. The molecule has 18 heavy (non-hydrogen) atoms. The number of methoxy groups -OCH3 is 1. The van der Waals surface area contributed by atoms with E-state index in [1.165, 1.54) is 13.2 Å². The highest BCUT2D eigenvalue weighted by atomic mass is 127. The third kappa shape index (κ3) is 4.95. The van der Waals surface area contributed by atoms with Gasteiger partial charge in [-0.05, 0) is 23.8 Å². The van der Waals surface area contributed by atoms with Gasteiger partial charge in [0.15, 0.2) is 0 Å². The van der Waals surface area contributed by atoms with Crippen LogP contribution in [0.4, 0.5) is 0 Å². The van der Waals surface area contributed by atoms with E-state index in [4.69, 9.17) is 14.6 Å². The van der Waals surface area contributed by atoms with E-state index in [2.05, 4.69) is 29.5 Å². The summed E-state index contributed by atoms with van der Waals surface area (Å²) in [6.07, 6.45) is 1.47. The molecule has 0 saturated heterocycles. The van der Waals surface area contributed by atoms with Gasteiger partial charge in [0.05, 0.1) is 13.7 Å². The van der Waals surface area contributed by atoms with E-state index in [0.29, 0.717) is 10.5 Å². The maximum Gasteiger partial charge on any atom is 0.371 e. The van der Waals surface area contributed by atoms with Gasteiger partial charge < -0.3 is 14.6 Å². The summed E-state index contributed by atoms with van der Waals surface area (Å²) in [5.41, 5.74) is 0.754. The molecule has 1 aromatic rings. The second-order valence-electron chi connectivity index (χ2n) is 3.68. The van der Waals surface area contributed by atoms with Crippen LogP contribution in [-0.2, 0) is 9.53 Å². The number of carbonyl (C=O) groups is 1. The highest BCUT2D eigenvalue weighted by molar-refractivity contribution is 14.1. The summed E-state index contributed by atoms with van der Waals surface area (Å²) in [4.78, 5) is 10.8. The van der Waals surface area contributed by atoms with Gasteiger partial charge in [-0.15, -0.1) is 0 Å². The Hall–Kier alpha value is -1.24. The largest absolute Gasteiger partial charge is 0.493 e. The fraction of sp³-hybridized carbons (Fsp3) is 0.308. The average Bonchev–Trinajstić information content (AvgIpc) is 2.34. The van der Waals surface area contributed by atoms with Gasteiger partial charge in [-0.3, -0.25) is 0 Å². The first-order valence-electron chi connectivity index (χ1n) is 5.39. The smallest absolute Gasteiger partial charge is 0.371 e. The van der Waals surface area contributed by atoms with Crippen molar-refractivity contribution in [2.24, 2.45) is 0 Å². The molecule has 1 N–H and O–H groups in total. The quantitative estimate of drug-likeness (QED) is 0.366. The lowest BCUT2D eigenvalue weighted by atomic mass is 10.2. The monoisotopic (exact) mass is 362 g/mol. The van der Waals surface area contributed by atoms with Crippen LogP contribution in [0.1, 0.15) is 12.5 Å². The number of carboxylic acids is 1. The molecule has 5 heteroatoms. The molecule has 0 bridgehead atoms. The van der Waals surface area contributed by atoms with Crippen molar-refractivity contribution in [3.8, 4) is 5.75 Å². The van der Waals surface area contributed by atoms with Crippen molar-refractivity contribution >= 4 is 34.6 Å². The summed E-state index contributed by atoms with van der Waals surface area (Å²) in [6.45, 7) is 2.71. The van der Waals surface area contributed by atoms with E-state index in [0.717, 1.165) is 11.3 Å². The average molecular weight is 362 g/mol. The van der Waals surface area contributed by atoms with Crippen LogP contribution in [-0.4, -0.2) is 28.7 Å². The van der Waals surface area contributed by atoms with Crippen LogP contribution >= 0.6 is 22.6 Å². The van der Waals surface area contributed by atoms with Crippen molar-refractivity contribution in [2.45, 2.75) is 10.8 Å². The van der Waals surface area contributed by atoms with Gasteiger partial charge in [0.25, 0.3) is 0 Å². The first-order chi connectivity index (χ1) is 8.52. The molecule has 98 valence electrons. The second-order valence-corrected chi connectivity index (χ2v) is 5.81. The number of carboxylic acid groups (broad SMARTS) is 1. The molecule has 0 saturated carbocycles. The molecule has 0 aliphatic rings. The predicted molar refractivity (Wildman–Crippen MR) is 78.0 cm³/mol. The first-order valence-corrected chi connectivity index (χ1v) is 6.63. The normalized spacial score (nSPS) is 12.9. The van der Waals surface area contributed by atoms with Gasteiger partial charge >= 0.3 is 5.97 Å². The van der Waals surface area contributed by atoms with Gasteiger partial charge in [-0.25, -0.2) is 4.79 Å². The van der Waals surface area contributed by atoms with Gasteiger partial charge in [0.1, 0.15) is 5.75 Å². The minimum Gasteiger partial charge on any atom is -0.493 e. The fourth-order valence-corrected chi connectivity index (χ4v) is 1.41. The molecule has 0 aromatic heterocycles. The van der Waals surface area contributed by atoms with Crippen molar-refractivity contribution in [3.63, 3.8) is 0 Å². The molecular formula is C13H15IO4. The number of aliphatic carboxylic acids is 1. The Bertz CT molecular complexity index is 423. The standard InChI is InChI=1S/C13H15IO4/c1-9(14)8-18-11-5-3-10(4-6-11)7-12(17-2)13(15)16/h3-7,9H,8H2,1-2H3,(H,15,16). The first kappa shape index (κ1) is 14.8. The van der Waals surface area contributed by atoms with E-state index in [1.807, 2.05) is 0 Å². The van der Waals surface area contributed by atoms with Crippen LogP contribution in [0, 0.1) is 0 Å². The Balaban J connectivity index is 2.73. The summed E-state index contributed by atoms with van der Waals surface area (Å²) in [5, 5.41) is 8.82. The number of benzene rings is 1. The maximum absolute atomic E-state index is 10.8. The number of hydrogen-bond acceptors (Lipinski definition) is 3. The van der Waals surface area contributed by atoms with Gasteiger partial charge in [0, 0.05) is 3.92 Å². The Kier molecular flexibility index (Phi) is 5.97. The van der Waals surface area contributed by atoms with Crippen molar-refractivity contribution < 1.29 is 19.4 Å². The fourth-order valence-electron chi connectivity index (χ4n) is 1.23. The van der Waals surface area contributed by atoms with Gasteiger partial charge in [0.2, 0.25) is 5.76 Å². The van der Waals surface area contributed by atoms with Crippen LogP contribution in [0.5, 0.6) is 5.75 Å². The molecule has 1 atom stereocenters. The van der Waals surface area contributed by atoms with Crippen LogP contribution in [0.15, 0.2) is 30.0 Å². The Morgan fingerprint density at radius 2 is 2.06 bits per heavy atom. The molecule has 0 spiro atoms. The van der Waals surface area contributed by atoms with Crippen molar-refractivity contribution in [2.75, 3.05) is 13.7 Å². The van der Waals surface area contributed by atoms with E-state index in [-0.39, 0.29) is 5.76 Å². The summed E-state index contributed by atoms with van der Waals surface area (Å²) in [5.74, 6) is -0.411. The van der Waals surface area contributed by atoms with Crippen molar-refractivity contribution in [1.29, 1.82) is 0 Å². The summed E-state index contributed by atoms with van der Waals surface area (Å²) in [7, 11) is 1.33. The molecule has 0 fully saturated rings. The predicted octanol–water partition coefficient (Wildman–Crippen LogP) is 2.96. The number of ether oxygens (including phenoxy) is 2. The SMILES string of the molecule is COC(=Cc1ccc(OCC(C)I)cc1)C(=O)O. The van der Waals surface area contributed by atoms with Gasteiger partial charge in [-0.1, -0.05) is 41.6 Å². The lowest BCUT2D eigenvalue weighted by molar-refractivity contribution is -0.135. The topological polar surface area (TPSA) is 55.8 Å². The maximum atomic E-state index is 10.8. The molecular weight excluding hydrogens is 347 g/mol. The van der Waals surface area contributed by atoms with Crippen LogP contribution < -0.4 is 4.74 Å². The Morgan fingerprint density at radius 3 is 2.50 bits per heavy atom. The lowest BCUT2D eigenvalue weighted by Crippen LogP contribution is -2.06. The highest BCUT2D eigenvalue weighted by Crippen LogP contribution is 2.16. The van der Waals surface area contributed by atoms with Gasteiger partial charge in [-0.2, -0.15) is 0 Å². The van der Waals surface area contributed by atoms with Crippen LogP contribution in [0.2, 0.25) is 0 Å². The zero-order valence-electron chi connectivity index (χ0n) is 10.2. The molecule has 1 unspecified atom stereocenters. The molecule has 0 radical (unpaired) electrons. The number of rotatable bonds is 6. The van der Waals surface area contributed by atoms with E-state index in [9.17, 15) is 4.79 Å². The number of hydrogen-bond donors (Lipinski definition) is 1. The van der Waals surface area contributed by atoms with E-state index < -0.39 is 5.97 Å². The minimum absolute atomic E-state index is 0.0930. The number of alkyl halides is 1. The third-order valence-corrected chi connectivity index (χ3v) is 2.45. The molecule has 1 aromatic carbocycles. The van der Waals surface area contributed by atoms with Crippen molar-refractivity contribution in [1.82, 2.24) is 0 Å². The zero-order valence-corrected chi connectivity index (χ0v) is 12.4. The molecule has 4 nitrogen and oxygen atoms in total. The van der Waals surface area contributed by atoms with Crippen molar-refractivity contribution in [3.05, 3.63) is 35.6 Å². The summed E-state index contributed by atoms with van der Waals surface area (Å²) < 4.78 is 10.7. The Labute approximate surface area is 120 Å². The zero-order chi connectivity index (χ0) is 13.5. The molecule has 0 aliphatic heterocycles. The molecule has 1 rings (SSSR count). The van der Waals surface area contributed by atoms with E-state index in [1.54, 1.807) is 24.3 Å². The second kappa shape index (κ2) is 7.25. The highest BCUT2D eigenvalue weighted by Gasteiger charge is 2.06. The Morgan fingerprint density at radius 1 is 1.44 bits per heavy atom. The molecule has 0 aliphatic carbocycles. The summed E-state index contributed by atoms with van der Waals surface area (Å²) >= 11 is 2.29. The third-order valence-electron chi connectivity index (χ3n) is 2.09. The summed E-state index contributed by atoms with van der Waals surface area (Å²) in [6, 6.07) is 7.18. The van der Waals surface area contributed by atoms with E-state index >= 15 is 0 Å². The van der Waals surface area contributed by atoms with Crippen LogP contribution in [0.25, 0.3) is 6.08 Å². The number of halogens is 1. The minimum atomic E-state index is -1.09. The van der Waals surface area contributed by atoms with Crippen LogP contribution in [0.3, 0.4) is 0 Å². The lowest BCUT2D eigenvalue weighted by Gasteiger charge is -2.07.